The lowest BCUT2D eigenvalue weighted by Gasteiger charge is -2.32. The first kappa shape index (κ1) is 17.4. The molecule has 0 aromatic heterocycles. The number of ether oxygens (including phenoxy) is 1. The van der Waals surface area contributed by atoms with Gasteiger partial charge in [0.25, 0.3) is 0 Å². The second-order valence-corrected chi connectivity index (χ2v) is 6.08. The second kappa shape index (κ2) is 8.57. The number of thiocarbonyl (C=S) groups is 1. The van der Waals surface area contributed by atoms with Gasteiger partial charge in [0.1, 0.15) is 0 Å². The summed E-state index contributed by atoms with van der Waals surface area (Å²) >= 11 is 5.19. The minimum absolute atomic E-state index is 0.0251. The van der Waals surface area contributed by atoms with E-state index < -0.39 is 5.41 Å². The summed E-state index contributed by atoms with van der Waals surface area (Å²) in [7, 11) is 0. The van der Waals surface area contributed by atoms with Crippen LogP contribution >= 0.6 is 12.2 Å². The largest absolute Gasteiger partial charge is 0.392 e. The molecule has 0 bridgehead atoms. The average molecular weight is 300 g/mol. The van der Waals surface area contributed by atoms with E-state index in [1.165, 1.54) is 6.42 Å². The Hall–Kier alpha value is -0.680. The van der Waals surface area contributed by atoms with Gasteiger partial charge in [-0.25, -0.2) is 0 Å². The van der Waals surface area contributed by atoms with E-state index in [0.717, 1.165) is 32.3 Å². The molecule has 0 radical (unpaired) electrons. The van der Waals surface area contributed by atoms with Crippen molar-refractivity contribution in [3.8, 4) is 0 Å². The van der Waals surface area contributed by atoms with Gasteiger partial charge >= 0.3 is 0 Å². The monoisotopic (exact) mass is 300 g/mol. The van der Waals surface area contributed by atoms with Crippen molar-refractivity contribution >= 4 is 23.1 Å². The van der Waals surface area contributed by atoms with Crippen LogP contribution in [0.2, 0.25) is 0 Å². The van der Waals surface area contributed by atoms with Crippen LogP contribution in [0.5, 0.6) is 0 Å². The summed E-state index contributed by atoms with van der Waals surface area (Å²) in [6.07, 6.45) is 6.66. The van der Waals surface area contributed by atoms with Gasteiger partial charge in [0.2, 0.25) is 5.91 Å². The third kappa shape index (κ3) is 4.42. The molecule has 1 aliphatic heterocycles. The van der Waals surface area contributed by atoms with Gasteiger partial charge in [-0.2, -0.15) is 0 Å². The number of nitrogens with one attached hydrogen (secondary N) is 1. The minimum atomic E-state index is -0.687. The van der Waals surface area contributed by atoms with E-state index in [2.05, 4.69) is 19.2 Å². The summed E-state index contributed by atoms with van der Waals surface area (Å²) in [5.74, 6) is -0.0251. The standard InChI is InChI=1S/C15H28N2O2S/c1-3-8-15(9-4-2,13(16)20)14(18)17-11-12-7-5-6-10-19-12/h12H,3-11H2,1-2H3,(H2,16,20)(H,17,18). The van der Waals surface area contributed by atoms with Crippen molar-refractivity contribution in [2.75, 3.05) is 13.2 Å². The van der Waals surface area contributed by atoms with E-state index >= 15 is 0 Å². The van der Waals surface area contributed by atoms with Gasteiger partial charge < -0.3 is 15.8 Å². The number of carbonyl (C=O) groups excluding carboxylic acids is 1. The molecule has 20 heavy (non-hydrogen) atoms. The van der Waals surface area contributed by atoms with Crippen LogP contribution in [-0.2, 0) is 9.53 Å². The Bertz CT molecular complexity index is 322. The summed E-state index contributed by atoms with van der Waals surface area (Å²) in [6.45, 7) is 5.47. The molecular weight excluding hydrogens is 272 g/mol. The normalized spacial score (nSPS) is 19.6. The molecule has 1 fully saturated rings. The zero-order valence-corrected chi connectivity index (χ0v) is 13.6. The Morgan fingerprint density at radius 3 is 2.45 bits per heavy atom. The highest BCUT2D eigenvalue weighted by atomic mass is 32.1. The quantitative estimate of drug-likeness (QED) is 0.676. The number of hydrogen-bond acceptors (Lipinski definition) is 3. The lowest BCUT2D eigenvalue weighted by molar-refractivity contribution is -0.129. The first-order valence-electron chi connectivity index (χ1n) is 7.76. The number of hydrogen-bond donors (Lipinski definition) is 2. The summed E-state index contributed by atoms with van der Waals surface area (Å²) in [5.41, 5.74) is 5.21. The van der Waals surface area contributed by atoms with Crippen LogP contribution in [0.25, 0.3) is 0 Å². The third-order valence-corrected chi connectivity index (χ3v) is 4.41. The van der Waals surface area contributed by atoms with Gasteiger partial charge in [-0.15, -0.1) is 0 Å². The molecule has 5 heteroatoms. The van der Waals surface area contributed by atoms with Crippen LogP contribution in [0, 0.1) is 5.41 Å². The molecule has 1 atom stereocenters. The Kier molecular flexibility index (Phi) is 7.45. The van der Waals surface area contributed by atoms with Crippen LogP contribution in [0.4, 0.5) is 0 Å². The molecule has 0 spiro atoms. The zero-order valence-electron chi connectivity index (χ0n) is 12.7. The van der Waals surface area contributed by atoms with Crippen LogP contribution < -0.4 is 11.1 Å². The number of amides is 1. The van der Waals surface area contributed by atoms with Gasteiger partial charge in [-0.1, -0.05) is 38.9 Å². The molecule has 4 nitrogen and oxygen atoms in total. The van der Waals surface area contributed by atoms with E-state index in [1.54, 1.807) is 0 Å². The molecule has 1 amide bonds. The number of nitrogens with two attached hydrogens (primary N) is 1. The van der Waals surface area contributed by atoms with Crippen molar-refractivity contribution in [1.29, 1.82) is 0 Å². The maximum Gasteiger partial charge on any atom is 0.233 e. The first-order valence-corrected chi connectivity index (χ1v) is 8.17. The van der Waals surface area contributed by atoms with Gasteiger partial charge in [-0.05, 0) is 32.1 Å². The molecule has 0 saturated carbocycles. The highest BCUT2D eigenvalue weighted by Crippen LogP contribution is 2.31. The summed E-state index contributed by atoms with van der Waals surface area (Å²) in [6, 6.07) is 0. The van der Waals surface area contributed by atoms with Crippen LogP contribution in [0.1, 0.15) is 58.8 Å². The number of carbonyl (C=O) groups is 1. The molecule has 0 aromatic rings. The maximum atomic E-state index is 12.6. The van der Waals surface area contributed by atoms with Gasteiger partial charge in [-0.3, -0.25) is 4.79 Å². The van der Waals surface area contributed by atoms with E-state index in [1.807, 2.05) is 0 Å². The molecular formula is C15H28N2O2S. The van der Waals surface area contributed by atoms with Crippen molar-refractivity contribution in [2.24, 2.45) is 11.1 Å². The van der Waals surface area contributed by atoms with Crippen LogP contribution in [0.15, 0.2) is 0 Å². The summed E-state index contributed by atoms with van der Waals surface area (Å²) in [4.78, 5) is 12.9. The molecule has 1 rings (SSSR count). The SMILES string of the molecule is CCCC(CCC)(C(=O)NCC1CCCCO1)C(N)=S. The van der Waals surface area contributed by atoms with Crippen molar-refractivity contribution in [3.05, 3.63) is 0 Å². The van der Waals surface area contributed by atoms with Crippen molar-refractivity contribution in [2.45, 2.75) is 64.9 Å². The van der Waals surface area contributed by atoms with Gasteiger partial charge in [0, 0.05) is 13.2 Å². The molecule has 3 N–H and O–H groups in total. The van der Waals surface area contributed by atoms with Gasteiger partial charge in [0.05, 0.1) is 16.5 Å². The van der Waals surface area contributed by atoms with Crippen molar-refractivity contribution < 1.29 is 9.53 Å². The van der Waals surface area contributed by atoms with E-state index in [4.69, 9.17) is 22.7 Å². The highest BCUT2D eigenvalue weighted by Gasteiger charge is 2.39. The molecule has 1 saturated heterocycles. The average Bonchev–Trinajstić information content (AvgIpc) is 2.45. The molecule has 1 aliphatic rings. The maximum absolute atomic E-state index is 12.6. The fraction of sp³-hybridized carbons (Fsp3) is 0.867. The van der Waals surface area contributed by atoms with E-state index in [0.29, 0.717) is 24.4 Å². The molecule has 0 aliphatic carbocycles. The van der Waals surface area contributed by atoms with Crippen LogP contribution in [-0.4, -0.2) is 30.2 Å². The predicted octanol–water partition coefficient (Wildman–Crippen LogP) is 2.54. The third-order valence-electron chi connectivity index (χ3n) is 4.02. The van der Waals surface area contributed by atoms with Gasteiger partial charge in [0.15, 0.2) is 0 Å². The summed E-state index contributed by atoms with van der Waals surface area (Å²) in [5, 5.41) is 3.01. The fourth-order valence-corrected chi connectivity index (χ4v) is 3.20. The topological polar surface area (TPSA) is 64.3 Å². The number of rotatable bonds is 8. The summed E-state index contributed by atoms with van der Waals surface area (Å²) < 4.78 is 5.64. The Labute approximate surface area is 127 Å². The smallest absolute Gasteiger partial charge is 0.233 e. The minimum Gasteiger partial charge on any atom is -0.392 e. The van der Waals surface area contributed by atoms with E-state index in [-0.39, 0.29) is 12.0 Å². The van der Waals surface area contributed by atoms with Crippen LogP contribution in [0.3, 0.4) is 0 Å². The van der Waals surface area contributed by atoms with Crippen molar-refractivity contribution in [1.82, 2.24) is 5.32 Å². The Morgan fingerprint density at radius 2 is 2.00 bits per heavy atom. The fourth-order valence-electron chi connectivity index (χ4n) is 2.91. The molecule has 116 valence electrons. The molecule has 1 heterocycles. The zero-order chi connectivity index (χ0) is 15.0. The predicted molar refractivity (Wildman–Crippen MR) is 85.6 cm³/mol. The first-order chi connectivity index (χ1) is 9.56. The lowest BCUT2D eigenvalue weighted by atomic mass is 9.78. The highest BCUT2D eigenvalue weighted by molar-refractivity contribution is 7.80. The Morgan fingerprint density at radius 1 is 1.35 bits per heavy atom. The molecule has 1 unspecified atom stereocenters. The lowest BCUT2D eigenvalue weighted by Crippen LogP contribution is -2.50. The van der Waals surface area contributed by atoms with Crippen molar-refractivity contribution in [3.63, 3.8) is 0 Å². The Balaban J connectivity index is 2.64. The molecule has 0 aromatic carbocycles. The second-order valence-electron chi connectivity index (χ2n) is 5.64. The van der Waals surface area contributed by atoms with E-state index in [9.17, 15) is 4.79 Å².